The summed E-state index contributed by atoms with van der Waals surface area (Å²) in [7, 11) is 0. The highest BCUT2D eigenvalue weighted by Crippen LogP contribution is 2.46. The molecule has 0 atom stereocenters. The minimum Gasteiger partial charge on any atom is -0.335 e. The summed E-state index contributed by atoms with van der Waals surface area (Å²) >= 11 is 7.64. The van der Waals surface area contributed by atoms with Gasteiger partial charge in [0, 0.05) is 28.1 Å². The first-order valence-corrected chi connectivity index (χ1v) is 8.33. The zero-order valence-electron chi connectivity index (χ0n) is 12.4. The fourth-order valence-electron chi connectivity index (χ4n) is 2.41. The van der Waals surface area contributed by atoms with Crippen molar-refractivity contribution in [1.29, 1.82) is 5.26 Å². The van der Waals surface area contributed by atoms with Crippen molar-refractivity contribution in [2.24, 2.45) is 0 Å². The predicted octanol–water partition coefficient (Wildman–Crippen LogP) is 4.87. The van der Waals surface area contributed by atoms with E-state index in [0.29, 0.717) is 16.1 Å². The lowest BCUT2D eigenvalue weighted by Gasteiger charge is -2.17. The Bertz CT molecular complexity index is 837. The minimum absolute atomic E-state index is 0.0747. The maximum absolute atomic E-state index is 12.5. The summed E-state index contributed by atoms with van der Waals surface area (Å²) < 4.78 is 0. The number of benzene rings is 2. The Morgan fingerprint density at radius 1 is 1.30 bits per heavy atom. The lowest BCUT2D eigenvalue weighted by molar-refractivity contribution is 0.104. The second-order valence-electron chi connectivity index (χ2n) is 4.99. The SMILES string of the molecule is CCN1C(=CC(=O)c2ccc(C#N)cc2)Sc2ccc(Cl)cc21. The third-order valence-corrected chi connectivity index (χ3v) is 4.91. The van der Waals surface area contributed by atoms with Crippen molar-refractivity contribution in [2.75, 3.05) is 11.4 Å². The number of ketones is 1. The predicted molar refractivity (Wildman–Crippen MR) is 93.9 cm³/mol. The molecule has 0 radical (unpaired) electrons. The van der Waals surface area contributed by atoms with E-state index >= 15 is 0 Å². The molecule has 1 aliphatic rings. The maximum atomic E-state index is 12.5. The van der Waals surface area contributed by atoms with E-state index in [1.165, 1.54) is 0 Å². The smallest absolute Gasteiger partial charge is 0.188 e. The lowest BCUT2D eigenvalue weighted by atomic mass is 10.1. The highest BCUT2D eigenvalue weighted by Gasteiger charge is 2.25. The number of nitriles is 1. The third-order valence-electron chi connectivity index (χ3n) is 3.56. The van der Waals surface area contributed by atoms with E-state index in [1.54, 1.807) is 42.1 Å². The number of hydrogen-bond donors (Lipinski definition) is 0. The van der Waals surface area contributed by atoms with Crippen molar-refractivity contribution < 1.29 is 4.79 Å². The van der Waals surface area contributed by atoms with Gasteiger partial charge in [0.05, 0.1) is 22.3 Å². The van der Waals surface area contributed by atoms with Crippen LogP contribution in [-0.2, 0) is 0 Å². The number of hydrogen-bond acceptors (Lipinski definition) is 4. The van der Waals surface area contributed by atoms with Crippen LogP contribution in [0.5, 0.6) is 0 Å². The van der Waals surface area contributed by atoms with E-state index in [0.717, 1.165) is 22.2 Å². The van der Waals surface area contributed by atoms with E-state index in [1.807, 2.05) is 31.2 Å². The Kier molecular flexibility index (Phi) is 4.42. The first kappa shape index (κ1) is 15.7. The fraction of sp³-hybridized carbons (Fsp3) is 0.111. The monoisotopic (exact) mass is 340 g/mol. The van der Waals surface area contributed by atoms with Crippen molar-refractivity contribution in [2.45, 2.75) is 11.8 Å². The molecule has 23 heavy (non-hydrogen) atoms. The topological polar surface area (TPSA) is 44.1 Å². The molecule has 0 N–H and O–H groups in total. The average Bonchev–Trinajstić information content (AvgIpc) is 2.91. The summed E-state index contributed by atoms with van der Waals surface area (Å²) in [5, 5.41) is 10.4. The van der Waals surface area contributed by atoms with Crippen LogP contribution in [0, 0.1) is 11.3 Å². The van der Waals surface area contributed by atoms with Gasteiger partial charge < -0.3 is 4.90 Å². The molecular formula is C18H13ClN2OS. The highest BCUT2D eigenvalue weighted by atomic mass is 35.5. The van der Waals surface area contributed by atoms with Gasteiger partial charge in [0.1, 0.15) is 0 Å². The molecule has 0 aromatic heterocycles. The number of fused-ring (bicyclic) bond motifs is 1. The van der Waals surface area contributed by atoms with Gasteiger partial charge in [-0.3, -0.25) is 4.79 Å². The van der Waals surface area contributed by atoms with Crippen LogP contribution in [0.2, 0.25) is 5.02 Å². The van der Waals surface area contributed by atoms with Crippen molar-refractivity contribution in [3.63, 3.8) is 0 Å². The number of carbonyl (C=O) groups excluding carboxylic acids is 1. The normalized spacial score (nSPS) is 14.7. The second kappa shape index (κ2) is 6.49. The molecule has 1 heterocycles. The van der Waals surface area contributed by atoms with Gasteiger partial charge in [0.15, 0.2) is 5.78 Å². The quantitative estimate of drug-likeness (QED) is 0.590. The van der Waals surface area contributed by atoms with Crippen LogP contribution in [0.4, 0.5) is 5.69 Å². The number of thioether (sulfide) groups is 1. The third kappa shape index (κ3) is 3.12. The van der Waals surface area contributed by atoms with Crippen molar-refractivity contribution in [3.8, 4) is 6.07 Å². The van der Waals surface area contributed by atoms with Gasteiger partial charge >= 0.3 is 0 Å². The molecular weight excluding hydrogens is 328 g/mol. The molecule has 114 valence electrons. The summed E-state index contributed by atoms with van der Waals surface area (Å²) in [5.74, 6) is -0.0747. The summed E-state index contributed by atoms with van der Waals surface area (Å²) in [5.41, 5.74) is 2.15. The Labute approximate surface area is 144 Å². The Balaban J connectivity index is 1.90. The molecule has 2 aromatic carbocycles. The van der Waals surface area contributed by atoms with Crippen LogP contribution in [0.15, 0.2) is 58.5 Å². The van der Waals surface area contributed by atoms with E-state index in [-0.39, 0.29) is 5.78 Å². The average molecular weight is 341 g/mol. The Morgan fingerprint density at radius 3 is 2.70 bits per heavy atom. The van der Waals surface area contributed by atoms with Gasteiger partial charge in [0.25, 0.3) is 0 Å². The summed E-state index contributed by atoms with van der Waals surface area (Å²) in [6.07, 6.45) is 1.64. The molecule has 2 aromatic rings. The molecule has 0 fully saturated rings. The van der Waals surface area contributed by atoms with E-state index < -0.39 is 0 Å². The van der Waals surface area contributed by atoms with Gasteiger partial charge in [-0.2, -0.15) is 5.26 Å². The number of rotatable bonds is 3. The molecule has 0 unspecified atom stereocenters. The lowest BCUT2D eigenvalue weighted by Crippen LogP contribution is -2.17. The van der Waals surface area contributed by atoms with Crippen molar-refractivity contribution in [1.82, 2.24) is 0 Å². The van der Waals surface area contributed by atoms with Crippen LogP contribution in [0.3, 0.4) is 0 Å². The van der Waals surface area contributed by atoms with Gasteiger partial charge in [-0.05, 0) is 49.4 Å². The number of nitrogens with zero attached hydrogens (tertiary/aromatic N) is 2. The molecule has 0 saturated heterocycles. The van der Waals surface area contributed by atoms with E-state index in [2.05, 4.69) is 4.90 Å². The van der Waals surface area contributed by atoms with Crippen LogP contribution in [0.1, 0.15) is 22.8 Å². The van der Waals surface area contributed by atoms with Crippen LogP contribution in [0.25, 0.3) is 0 Å². The van der Waals surface area contributed by atoms with Crippen LogP contribution in [-0.4, -0.2) is 12.3 Å². The van der Waals surface area contributed by atoms with E-state index in [9.17, 15) is 4.79 Å². The van der Waals surface area contributed by atoms with E-state index in [4.69, 9.17) is 16.9 Å². The van der Waals surface area contributed by atoms with Gasteiger partial charge in [-0.1, -0.05) is 23.4 Å². The maximum Gasteiger partial charge on any atom is 0.188 e. The summed E-state index contributed by atoms with van der Waals surface area (Å²) in [4.78, 5) is 15.6. The van der Waals surface area contributed by atoms with Crippen molar-refractivity contribution in [3.05, 3.63) is 69.7 Å². The molecule has 0 saturated carbocycles. The zero-order chi connectivity index (χ0) is 16.4. The molecule has 0 spiro atoms. The Morgan fingerprint density at radius 2 is 2.04 bits per heavy atom. The van der Waals surface area contributed by atoms with Crippen LogP contribution < -0.4 is 4.90 Å². The molecule has 5 heteroatoms. The fourth-order valence-corrected chi connectivity index (χ4v) is 3.72. The molecule has 0 aliphatic carbocycles. The van der Waals surface area contributed by atoms with Crippen molar-refractivity contribution >= 4 is 34.8 Å². The van der Waals surface area contributed by atoms with Gasteiger partial charge in [0.2, 0.25) is 0 Å². The summed E-state index contributed by atoms with van der Waals surface area (Å²) in [6.45, 7) is 2.80. The molecule has 3 nitrogen and oxygen atoms in total. The van der Waals surface area contributed by atoms with Gasteiger partial charge in [-0.25, -0.2) is 0 Å². The van der Waals surface area contributed by atoms with Crippen LogP contribution >= 0.6 is 23.4 Å². The molecule has 1 aliphatic heterocycles. The minimum atomic E-state index is -0.0747. The standard InChI is InChI=1S/C18H13ClN2OS/c1-2-21-15-9-14(19)7-8-17(15)23-18(21)10-16(22)13-5-3-12(11-20)4-6-13/h3-10H,2H2,1H3. The molecule has 3 rings (SSSR count). The van der Waals surface area contributed by atoms with Gasteiger partial charge in [-0.15, -0.1) is 0 Å². The number of allylic oxidation sites excluding steroid dienone is 1. The molecule has 0 bridgehead atoms. The number of halogens is 1. The Hall–Kier alpha value is -2.22. The number of carbonyl (C=O) groups is 1. The first-order chi connectivity index (χ1) is 11.1. The molecule has 0 amide bonds. The summed E-state index contributed by atoms with van der Waals surface area (Å²) in [6, 6.07) is 14.5. The highest BCUT2D eigenvalue weighted by molar-refractivity contribution is 8.03. The largest absolute Gasteiger partial charge is 0.335 e. The second-order valence-corrected chi connectivity index (χ2v) is 6.49. The number of anilines is 1. The first-order valence-electron chi connectivity index (χ1n) is 7.13. The zero-order valence-corrected chi connectivity index (χ0v) is 14.0.